The number of hydrogen-bond acceptors (Lipinski definition) is 4. The van der Waals surface area contributed by atoms with Crippen LogP contribution in [-0.4, -0.2) is 50.0 Å². The van der Waals surface area contributed by atoms with Crippen LogP contribution in [0.5, 0.6) is 5.75 Å². The zero-order chi connectivity index (χ0) is 18.4. The maximum Gasteiger partial charge on any atom is 0.225 e. The van der Waals surface area contributed by atoms with Crippen LogP contribution in [0.2, 0.25) is 0 Å². The number of benzene rings is 1. The van der Waals surface area contributed by atoms with Crippen molar-refractivity contribution in [3.8, 4) is 5.75 Å². The molecular weight excluding hydrogens is 366 g/mol. The summed E-state index contributed by atoms with van der Waals surface area (Å²) in [4.78, 5) is 26.4. The molecule has 1 aromatic rings. The Kier molecular flexibility index (Phi) is 8.38. The second-order valence-electron chi connectivity index (χ2n) is 7.32. The summed E-state index contributed by atoms with van der Waals surface area (Å²) in [5.41, 5.74) is 1.05. The molecule has 27 heavy (non-hydrogen) atoms. The van der Waals surface area contributed by atoms with Crippen molar-refractivity contribution in [3.63, 3.8) is 0 Å². The Morgan fingerprint density at radius 3 is 2.78 bits per heavy atom. The van der Waals surface area contributed by atoms with E-state index in [1.54, 1.807) is 12.0 Å². The van der Waals surface area contributed by atoms with Crippen LogP contribution in [0.15, 0.2) is 24.3 Å². The van der Waals surface area contributed by atoms with Crippen LogP contribution in [0, 0.1) is 11.8 Å². The van der Waals surface area contributed by atoms with Crippen molar-refractivity contribution in [1.82, 2.24) is 15.5 Å². The number of amides is 2. The van der Waals surface area contributed by atoms with Crippen molar-refractivity contribution in [2.24, 2.45) is 11.8 Å². The molecule has 0 bridgehead atoms. The van der Waals surface area contributed by atoms with Gasteiger partial charge in [0.2, 0.25) is 11.8 Å². The second-order valence-corrected chi connectivity index (χ2v) is 7.32. The van der Waals surface area contributed by atoms with Crippen LogP contribution in [0.1, 0.15) is 31.2 Å². The quantitative estimate of drug-likeness (QED) is 0.740. The highest BCUT2D eigenvalue weighted by atomic mass is 35.5. The van der Waals surface area contributed by atoms with Crippen LogP contribution in [0.4, 0.5) is 0 Å². The van der Waals surface area contributed by atoms with Crippen molar-refractivity contribution >= 4 is 24.2 Å². The highest BCUT2D eigenvalue weighted by Gasteiger charge is 2.34. The summed E-state index contributed by atoms with van der Waals surface area (Å²) in [5.74, 6) is 1.29. The molecule has 2 saturated heterocycles. The monoisotopic (exact) mass is 395 g/mol. The van der Waals surface area contributed by atoms with Gasteiger partial charge in [0.05, 0.1) is 13.0 Å². The Morgan fingerprint density at radius 2 is 2.11 bits per heavy atom. The molecule has 2 amide bonds. The molecule has 2 aliphatic rings. The predicted octanol–water partition coefficient (Wildman–Crippen LogP) is 1.97. The van der Waals surface area contributed by atoms with E-state index in [9.17, 15) is 9.59 Å². The number of methoxy groups -OCH3 is 1. The van der Waals surface area contributed by atoms with Crippen molar-refractivity contribution in [3.05, 3.63) is 29.8 Å². The van der Waals surface area contributed by atoms with Gasteiger partial charge in [-0.15, -0.1) is 12.4 Å². The summed E-state index contributed by atoms with van der Waals surface area (Å²) in [6.07, 6.45) is 3.78. The van der Waals surface area contributed by atoms with Crippen LogP contribution >= 0.6 is 12.4 Å². The number of carbonyl (C=O) groups excluding carboxylic acids is 2. The van der Waals surface area contributed by atoms with E-state index < -0.39 is 0 Å². The Morgan fingerprint density at radius 1 is 1.33 bits per heavy atom. The van der Waals surface area contributed by atoms with Crippen LogP contribution in [0.3, 0.4) is 0 Å². The average Bonchev–Trinajstić information content (AvgIpc) is 3.04. The highest BCUT2D eigenvalue weighted by Crippen LogP contribution is 2.21. The summed E-state index contributed by atoms with van der Waals surface area (Å²) >= 11 is 0. The Hall–Kier alpha value is -1.79. The summed E-state index contributed by atoms with van der Waals surface area (Å²) < 4.78 is 5.15. The minimum atomic E-state index is -0.231. The molecule has 2 aliphatic heterocycles. The van der Waals surface area contributed by atoms with E-state index in [1.165, 1.54) is 12.8 Å². The van der Waals surface area contributed by atoms with Gasteiger partial charge < -0.3 is 20.3 Å². The number of halogens is 1. The highest BCUT2D eigenvalue weighted by molar-refractivity contribution is 5.89. The Balaban J connectivity index is 0.00000261. The first-order chi connectivity index (χ1) is 12.7. The minimum absolute atomic E-state index is 0. The van der Waals surface area contributed by atoms with Gasteiger partial charge in [-0.05, 0) is 56.0 Å². The molecule has 0 aliphatic carbocycles. The molecule has 1 aromatic carbocycles. The zero-order valence-electron chi connectivity index (χ0n) is 15.9. The number of nitrogens with zero attached hydrogens (tertiary/aromatic N) is 1. The third-order valence-electron chi connectivity index (χ3n) is 5.37. The first-order valence-corrected chi connectivity index (χ1v) is 9.55. The fraction of sp³-hybridized carbons (Fsp3) is 0.600. The lowest BCUT2D eigenvalue weighted by atomic mass is 9.96. The lowest BCUT2D eigenvalue weighted by Gasteiger charge is -2.23. The summed E-state index contributed by atoms with van der Waals surface area (Å²) in [5, 5.41) is 6.43. The molecule has 3 rings (SSSR count). The first-order valence-electron chi connectivity index (χ1n) is 9.55. The van der Waals surface area contributed by atoms with E-state index in [-0.39, 0.29) is 30.1 Å². The fourth-order valence-electron chi connectivity index (χ4n) is 3.77. The van der Waals surface area contributed by atoms with Gasteiger partial charge in [-0.1, -0.05) is 12.1 Å². The van der Waals surface area contributed by atoms with E-state index in [4.69, 9.17) is 4.74 Å². The van der Waals surface area contributed by atoms with Gasteiger partial charge >= 0.3 is 0 Å². The van der Waals surface area contributed by atoms with Crippen molar-refractivity contribution < 1.29 is 14.3 Å². The third-order valence-corrected chi connectivity index (χ3v) is 5.37. The maximum absolute atomic E-state index is 12.4. The van der Waals surface area contributed by atoms with Gasteiger partial charge in [-0.2, -0.15) is 0 Å². The first kappa shape index (κ1) is 21.5. The number of likely N-dealkylation sites (tertiary alicyclic amines) is 1. The zero-order valence-corrected chi connectivity index (χ0v) is 16.7. The topological polar surface area (TPSA) is 70.7 Å². The SMILES string of the molecule is COc1ccc(CN2CC(C(=O)NCCC3CCCNC3)CC2=O)cc1.Cl. The molecule has 0 aromatic heterocycles. The molecule has 7 heteroatoms. The number of carbonyl (C=O) groups is 2. The van der Waals surface area contributed by atoms with Crippen molar-refractivity contribution in [2.45, 2.75) is 32.2 Å². The van der Waals surface area contributed by atoms with Gasteiger partial charge in [0.1, 0.15) is 5.75 Å². The smallest absolute Gasteiger partial charge is 0.225 e. The fourth-order valence-corrected chi connectivity index (χ4v) is 3.77. The van der Waals surface area contributed by atoms with Gasteiger partial charge in [-0.25, -0.2) is 0 Å². The molecule has 0 spiro atoms. The Bertz CT molecular complexity index is 617. The lowest BCUT2D eigenvalue weighted by Crippen LogP contribution is -2.36. The van der Waals surface area contributed by atoms with Gasteiger partial charge in [0.15, 0.2) is 0 Å². The van der Waals surface area contributed by atoms with E-state index in [1.807, 2.05) is 24.3 Å². The normalized spacial score (nSPS) is 22.3. The molecule has 2 atom stereocenters. The van der Waals surface area contributed by atoms with Gasteiger partial charge in [0, 0.05) is 26.1 Å². The van der Waals surface area contributed by atoms with Crippen molar-refractivity contribution in [2.75, 3.05) is 33.3 Å². The van der Waals surface area contributed by atoms with E-state index in [0.29, 0.717) is 32.0 Å². The second kappa shape index (κ2) is 10.5. The largest absolute Gasteiger partial charge is 0.497 e. The van der Waals surface area contributed by atoms with Crippen LogP contribution in [0.25, 0.3) is 0 Å². The number of ether oxygens (including phenoxy) is 1. The molecule has 0 saturated carbocycles. The summed E-state index contributed by atoms with van der Waals surface area (Å²) in [7, 11) is 1.63. The van der Waals surface area contributed by atoms with Crippen molar-refractivity contribution in [1.29, 1.82) is 0 Å². The van der Waals surface area contributed by atoms with Gasteiger partial charge in [0.25, 0.3) is 0 Å². The van der Waals surface area contributed by atoms with E-state index >= 15 is 0 Å². The van der Waals surface area contributed by atoms with E-state index in [0.717, 1.165) is 30.8 Å². The minimum Gasteiger partial charge on any atom is -0.497 e. The summed E-state index contributed by atoms with van der Waals surface area (Å²) in [6.45, 7) is 3.90. The molecule has 2 unspecified atom stereocenters. The van der Waals surface area contributed by atoms with Gasteiger partial charge in [-0.3, -0.25) is 9.59 Å². The third kappa shape index (κ3) is 6.11. The number of piperidine rings is 1. The molecule has 150 valence electrons. The molecule has 2 fully saturated rings. The molecule has 6 nitrogen and oxygen atoms in total. The number of hydrogen-bond donors (Lipinski definition) is 2. The predicted molar refractivity (Wildman–Crippen MR) is 107 cm³/mol. The Labute approximate surface area is 167 Å². The van der Waals surface area contributed by atoms with E-state index in [2.05, 4.69) is 10.6 Å². The average molecular weight is 396 g/mol. The molecule has 2 N–H and O–H groups in total. The molecule has 2 heterocycles. The number of nitrogens with one attached hydrogen (secondary N) is 2. The van der Waals surface area contributed by atoms with Crippen LogP contribution in [-0.2, 0) is 16.1 Å². The number of rotatable bonds is 7. The molecular formula is C20H30ClN3O3. The van der Waals surface area contributed by atoms with Crippen LogP contribution < -0.4 is 15.4 Å². The molecule has 0 radical (unpaired) electrons. The maximum atomic E-state index is 12.4. The summed E-state index contributed by atoms with van der Waals surface area (Å²) in [6, 6.07) is 7.69. The lowest BCUT2D eigenvalue weighted by molar-refractivity contribution is -0.129. The standard InChI is InChI=1S/C20H29N3O3.ClH/c1-26-18-6-4-16(5-7-18)13-23-14-17(11-19(23)24)20(25)22-10-8-15-3-2-9-21-12-15;/h4-7,15,17,21H,2-3,8-14H2,1H3,(H,22,25);1H.